The maximum Gasteiger partial charge on any atom is 0.222 e. The molecular formula is C22H23N5OS2. The molecule has 0 aliphatic heterocycles. The van der Waals surface area contributed by atoms with Gasteiger partial charge in [-0.15, -0.1) is 11.3 Å². The summed E-state index contributed by atoms with van der Waals surface area (Å²) in [6.45, 7) is 2.09. The van der Waals surface area contributed by atoms with E-state index in [1.807, 2.05) is 36.4 Å². The first-order valence-corrected chi connectivity index (χ1v) is 11.9. The maximum atomic E-state index is 12.9. The molecule has 3 heterocycles. The van der Waals surface area contributed by atoms with Crippen molar-refractivity contribution in [1.29, 1.82) is 0 Å². The first-order chi connectivity index (χ1) is 14.6. The van der Waals surface area contributed by atoms with Crippen molar-refractivity contribution < 1.29 is 4.21 Å². The SMILES string of the molecule is CCCC[S@](=O)c1sc2nc(-c3cnc(NC)nc3)cc(-c3ccccc3)c2c1N. The summed E-state index contributed by atoms with van der Waals surface area (Å²) in [5.74, 6) is 1.16. The highest BCUT2D eigenvalue weighted by atomic mass is 32.2. The molecule has 0 aliphatic rings. The van der Waals surface area contributed by atoms with Crippen LogP contribution in [0, 0.1) is 0 Å². The highest BCUT2D eigenvalue weighted by Crippen LogP contribution is 2.42. The van der Waals surface area contributed by atoms with Gasteiger partial charge >= 0.3 is 0 Å². The number of nitrogens with two attached hydrogens (primary N) is 1. The molecule has 4 rings (SSSR count). The Morgan fingerprint density at radius 2 is 1.87 bits per heavy atom. The molecular weight excluding hydrogens is 414 g/mol. The molecule has 1 aromatic carbocycles. The molecule has 30 heavy (non-hydrogen) atoms. The summed E-state index contributed by atoms with van der Waals surface area (Å²) < 4.78 is 13.6. The molecule has 154 valence electrons. The number of benzene rings is 1. The van der Waals surface area contributed by atoms with Crippen molar-refractivity contribution in [2.75, 3.05) is 23.9 Å². The van der Waals surface area contributed by atoms with Crippen LogP contribution in [-0.4, -0.2) is 32.0 Å². The summed E-state index contributed by atoms with van der Waals surface area (Å²) >= 11 is 1.42. The van der Waals surface area contributed by atoms with E-state index < -0.39 is 10.8 Å². The number of unbranched alkanes of at least 4 members (excludes halogenated alkanes) is 1. The van der Waals surface area contributed by atoms with Crippen LogP contribution < -0.4 is 11.1 Å². The number of hydrogen-bond acceptors (Lipinski definition) is 7. The lowest BCUT2D eigenvalue weighted by Crippen LogP contribution is -1.99. The Hall–Kier alpha value is -2.84. The van der Waals surface area contributed by atoms with Gasteiger partial charge in [0.15, 0.2) is 0 Å². The number of fused-ring (bicyclic) bond motifs is 1. The van der Waals surface area contributed by atoms with Crippen molar-refractivity contribution in [3.63, 3.8) is 0 Å². The molecule has 0 spiro atoms. The van der Waals surface area contributed by atoms with E-state index in [0.717, 1.165) is 45.4 Å². The van der Waals surface area contributed by atoms with Crippen molar-refractivity contribution in [2.45, 2.75) is 24.0 Å². The van der Waals surface area contributed by atoms with Crippen LogP contribution in [-0.2, 0) is 10.8 Å². The number of anilines is 2. The standard InChI is InChI=1S/C22H23N5OS2/c1-3-4-10-30(28)21-19(23)18-16(14-8-6-5-7-9-14)11-17(27-20(18)29-21)15-12-25-22(24-2)26-13-15/h5-9,11-13H,3-4,10,23H2,1-2H3,(H,24,25,26)/t30-/m0/s1. The summed E-state index contributed by atoms with van der Waals surface area (Å²) in [5, 5.41) is 3.79. The van der Waals surface area contributed by atoms with Gasteiger partial charge < -0.3 is 11.1 Å². The van der Waals surface area contributed by atoms with E-state index in [-0.39, 0.29) is 0 Å². The minimum absolute atomic E-state index is 0.553. The lowest BCUT2D eigenvalue weighted by molar-refractivity contribution is 0.681. The lowest BCUT2D eigenvalue weighted by Gasteiger charge is -2.09. The Morgan fingerprint density at radius 1 is 1.13 bits per heavy atom. The molecule has 0 fully saturated rings. The van der Waals surface area contributed by atoms with E-state index in [2.05, 4.69) is 22.2 Å². The van der Waals surface area contributed by atoms with Crippen molar-refractivity contribution in [3.05, 3.63) is 48.8 Å². The fourth-order valence-electron chi connectivity index (χ4n) is 3.22. The Morgan fingerprint density at radius 3 is 2.53 bits per heavy atom. The molecule has 0 saturated carbocycles. The van der Waals surface area contributed by atoms with Gasteiger partial charge in [-0.3, -0.25) is 4.21 Å². The van der Waals surface area contributed by atoms with Crippen LogP contribution in [0.4, 0.5) is 11.6 Å². The monoisotopic (exact) mass is 437 g/mol. The quantitative estimate of drug-likeness (QED) is 0.425. The molecule has 6 nitrogen and oxygen atoms in total. The average molecular weight is 438 g/mol. The van der Waals surface area contributed by atoms with Crippen LogP contribution in [0.5, 0.6) is 0 Å². The molecule has 0 radical (unpaired) electrons. The van der Waals surface area contributed by atoms with Crippen LogP contribution in [0.2, 0.25) is 0 Å². The average Bonchev–Trinajstić information content (AvgIpc) is 3.14. The van der Waals surface area contributed by atoms with Gasteiger partial charge in [0.1, 0.15) is 9.04 Å². The van der Waals surface area contributed by atoms with Gasteiger partial charge in [-0.25, -0.2) is 15.0 Å². The van der Waals surface area contributed by atoms with Gasteiger partial charge in [0.05, 0.1) is 22.2 Å². The summed E-state index contributed by atoms with van der Waals surface area (Å²) in [6.07, 6.45) is 5.40. The first kappa shape index (κ1) is 20.4. The Bertz CT molecular complexity index is 1190. The second-order valence-corrected chi connectivity index (χ2v) is 9.62. The summed E-state index contributed by atoms with van der Waals surface area (Å²) in [4.78, 5) is 14.2. The number of hydrogen-bond donors (Lipinski definition) is 2. The highest BCUT2D eigenvalue weighted by molar-refractivity contribution is 7.87. The third-order valence-electron chi connectivity index (χ3n) is 4.81. The first-order valence-electron chi connectivity index (χ1n) is 9.79. The number of pyridine rings is 1. The van der Waals surface area contributed by atoms with Crippen LogP contribution in [0.1, 0.15) is 19.8 Å². The molecule has 0 aliphatic carbocycles. The van der Waals surface area contributed by atoms with E-state index in [4.69, 9.17) is 10.7 Å². The smallest absolute Gasteiger partial charge is 0.222 e. The van der Waals surface area contributed by atoms with E-state index in [0.29, 0.717) is 21.6 Å². The maximum absolute atomic E-state index is 12.9. The van der Waals surface area contributed by atoms with Gasteiger partial charge in [-0.1, -0.05) is 43.7 Å². The molecule has 0 bridgehead atoms. The molecule has 0 amide bonds. The van der Waals surface area contributed by atoms with Crippen LogP contribution in [0.3, 0.4) is 0 Å². The number of nitrogens with zero attached hydrogens (tertiary/aromatic N) is 3. The van der Waals surface area contributed by atoms with Gasteiger partial charge in [-0.05, 0) is 23.6 Å². The van der Waals surface area contributed by atoms with Crippen LogP contribution >= 0.6 is 11.3 Å². The third-order valence-corrected chi connectivity index (χ3v) is 7.81. The Balaban J connectivity index is 1.92. The predicted molar refractivity (Wildman–Crippen MR) is 126 cm³/mol. The summed E-state index contributed by atoms with van der Waals surface area (Å²) in [7, 11) is 0.652. The molecule has 4 aromatic rings. The van der Waals surface area contributed by atoms with Crippen LogP contribution in [0.25, 0.3) is 32.6 Å². The van der Waals surface area contributed by atoms with E-state index in [1.54, 1.807) is 19.4 Å². The molecule has 3 N–H and O–H groups in total. The zero-order valence-electron chi connectivity index (χ0n) is 16.9. The largest absolute Gasteiger partial charge is 0.396 e. The van der Waals surface area contributed by atoms with E-state index in [9.17, 15) is 4.21 Å². The number of rotatable bonds is 7. The normalized spacial score (nSPS) is 12.2. The minimum atomic E-state index is -1.13. The molecule has 3 aromatic heterocycles. The third kappa shape index (κ3) is 3.93. The van der Waals surface area contributed by atoms with Gasteiger partial charge in [0, 0.05) is 36.1 Å². The number of nitrogens with one attached hydrogen (secondary N) is 1. The summed E-state index contributed by atoms with van der Waals surface area (Å²) in [6, 6.07) is 12.1. The van der Waals surface area contributed by atoms with Gasteiger partial charge in [0.25, 0.3) is 0 Å². The number of nitrogen functional groups attached to an aromatic ring is 1. The second-order valence-electron chi connectivity index (χ2n) is 6.85. The van der Waals surface area contributed by atoms with E-state index in [1.165, 1.54) is 11.3 Å². The van der Waals surface area contributed by atoms with Crippen molar-refractivity contribution in [2.24, 2.45) is 0 Å². The predicted octanol–water partition coefficient (Wildman–Crippen LogP) is 4.95. The minimum Gasteiger partial charge on any atom is -0.396 e. The van der Waals surface area contributed by atoms with Crippen molar-refractivity contribution in [3.8, 4) is 22.4 Å². The van der Waals surface area contributed by atoms with Crippen LogP contribution in [0.15, 0.2) is 53.0 Å². The topological polar surface area (TPSA) is 93.8 Å². The second kappa shape index (κ2) is 8.89. The lowest BCUT2D eigenvalue weighted by atomic mass is 10.0. The van der Waals surface area contributed by atoms with Gasteiger partial charge in [-0.2, -0.15) is 0 Å². The fraction of sp³-hybridized carbons (Fsp3) is 0.227. The van der Waals surface area contributed by atoms with E-state index >= 15 is 0 Å². The highest BCUT2D eigenvalue weighted by Gasteiger charge is 2.20. The fourth-order valence-corrected chi connectivity index (χ4v) is 6.02. The number of thiophene rings is 1. The number of aromatic nitrogens is 3. The molecule has 1 atom stereocenters. The van der Waals surface area contributed by atoms with Crippen molar-refractivity contribution in [1.82, 2.24) is 15.0 Å². The zero-order valence-corrected chi connectivity index (χ0v) is 18.5. The molecule has 8 heteroatoms. The summed E-state index contributed by atoms with van der Waals surface area (Å²) in [5.41, 5.74) is 10.7. The molecule has 0 saturated heterocycles. The molecule has 0 unspecified atom stereocenters. The Kier molecular flexibility index (Phi) is 6.06. The van der Waals surface area contributed by atoms with Crippen molar-refractivity contribution >= 4 is 44.0 Å². The zero-order chi connectivity index (χ0) is 21.1. The Labute approximate surface area is 182 Å². The van der Waals surface area contributed by atoms with Gasteiger partial charge in [0.2, 0.25) is 5.95 Å².